The van der Waals surface area contributed by atoms with Crippen molar-refractivity contribution in [1.82, 2.24) is 10.3 Å². The second-order valence-corrected chi connectivity index (χ2v) is 10.1. The molecule has 192 valence electrons. The summed E-state index contributed by atoms with van der Waals surface area (Å²) < 4.78 is 11.6. The lowest BCUT2D eigenvalue weighted by atomic mass is 9.98. The molecule has 5 aromatic rings. The average Bonchev–Trinajstić information content (AvgIpc) is 3.57. The SMILES string of the molecule is CC[C@@H](C)c1ccc2oc(-c3ccc(NC(=S)NC(=O)c4ccc(-c5cc(Cl)ccc5Cl)o4)cc3)nc2c1. The Labute approximate surface area is 235 Å². The van der Waals surface area contributed by atoms with Crippen molar-refractivity contribution in [2.24, 2.45) is 0 Å². The monoisotopic (exact) mass is 563 g/mol. The summed E-state index contributed by atoms with van der Waals surface area (Å²) in [5.41, 5.74) is 4.94. The third-order valence-electron chi connectivity index (χ3n) is 6.23. The molecule has 9 heteroatoms. The standard InChI is InChI=1S/C29H23Cl2N3O3S/c1-3-16(2)18-6-11-25-23(14-18)33-28(37-25)17-4-8-20(9-5-17)32-29(38)34-27(35)26-13-12-24(36-26)21-15-19(30)7-10-22(21)31/h4-16H,3H2,1-2H3,(H2,32,34,35,38)/t16-/m1/s1. The predicted molar refractivity (Wildman–Crippen MR) is 156 cm³/mol. The Kier molecular flexibility index (Phi) is 7.51. The van der Waals surface area contributed by atoms with Gasteiger partial charge in [0.25, 0.3) is 5.91 Å². The molecular formula is C29H23Cl2N3O3S. The van der Waals surface area contributed by atoms with Crippen molar-refractivity contribution < 1.29 is 13.6 Å². The number of hydrogen-bond acceptors (Lipinski definition) is 5. The van der Waals surface area contributed by atoms with Gasteiger partial charge in [-0.15, -0.1) is 0 Å². The van der Waals surface area contributed by atoms with Gasteiger partial charge in [-0.2, -0.15) is 0 Å². The van der Waals surface area contributed by atoms with Crippen molar-refractivity contribution in [2.45, 2.75) is 26.2 Å². The Morgan fingerprint density at radius 2 is 1.79 bits per heavy atom. The van der Waals surface area contributed by atoms with Gasteiger partial charge in [0, 0.05) is 21.8 Å². The molecule has 2 aromatic heterocycles. The van der Waals surface area contributed by atoms with Gasteiger partial charge >= 0.3 is 0 Å². The first-order valence-corrected chi connectivity index (χ1v) is 13.2. The first-order valence-electron chi connectivity index (χ1n) is 12.0. The second kappa shape index (κ2) is 11.0. The van der Waals surface area contributed by atoms with Crippen molar-refractivity contribution >= 4 is 63.2 Å². The minimum atomic E-state index is -0.494. The van der Waals surface area contributed by atoms with Crippen molar-refractivity contribution in [1.29, 1.82) is 0 Å². The van der Waals surface area contributed by atoms with Crippen LogP contribution in [-0.2, 0) is 0 Å². The van der Waals surface area contributed by atoms with Gasteiger partial charge in [-0.3, -0.25) is 10.1 Å². The molecule has 2 N–H and O–H groups in total. The highest BCUT2D eigenvalue weighted by Gasteiger charge is 2.16. The van der Waals surface area contributed by atoms with Crippen molar-refractivity contribution in [3.8, 4) is 22.8 Å². The first-order chi connectivity index (χ1) is 18.3. The summed E-state index contributed by atoms with van der Waals surface area (Å²) in [6.45, 7) is 4.37. The van der Waals surface area contributed by atoms with Crippen LogP contribution in [0.3, 0.4) is 0 Å². The van der Waals surface area contributed by atoms with Crippen molar-refractivity contribution in [3.63, 3.8) is 0 Å². The second-order valence-electron chi connectivity index (χ2n) is 8.83. The van der Waals surface area contributed by atoms with Crippen LogP contribution >= 0.6 is 35.4 Å². The summed E-state index contributed by atoms with van der Waals surface area (Å²) in [6, 6.07) is 21.8. The molecule has 0 spiro atoms. The molecule has 0 radical (unpaired) electrons. The van der Waals surface area contributed by atoms with Gasteiger partial charge in [-0.1, -0.05) is 43.1 Å². The summed E-state index contributed by atoms with van der Waals surface area (Å²) >= 11 is 17.6. The first kappa shape index (κ1) is 26.0. The van der Waals surface area contributed by atoms with E-state index in [9.17, 15) is 4.79 Å². The molecule has 0 unspecified atom stereocenters. The molecular weight excluding hydrogens is 541 g/mol. The van der Waals surface area contributed by atoms with E-state index in [4.69, 9.17) is 44.3 Å². The van der Waals surface area contributed by atoms with Gasteiger partial charge in [-0.25, -0.2) is 4.98 Å². The van der Waals surface area contributed by atoms with E-state index in [2.05, 4.69) is 41.6 Å². The molecule has 1 amide bonds. The molecule has 0 saturated carbocycles. The van der Waals surface area contributed by atoms with Gasteiger partial charge in [0.05, 0.1) is 5.02 Å². The molecule has 2 heterocycles. The number of carbonyl (C=O) groups is 1. The van der Waals surface area contributed by atoms with Crippen LogP contribution in [-0.4, -0.2) is 16.0 Å². The fourth-order valence-electron chi connectivity index (χ4n) is 3.92. The normalized spacial score (nSPS) is 11.9. The Hall–Kier alpha value is -3.65. The molecule has 0 aliphatic rings. The molecule has 5 rings (SSSR count). The number of halogens is 2. The van der Waals surface area contributed by atoms with Crippen LogP contribution in [0, 0.1) is 0 Å². The zero-order valence-electron chi connectivity index (χ0n) is 20.5. The molecule has 3 aromatic carbocycles. The van der Waals surface area contributed by atoms with Crippen LogP contribution in [0.2, 0.25) is 10.0 Å². The quantitative estimate of drug-likeness (QED) is 0.201. The van der Waals surface area contributed by atoms with E-state index in [1.54, 1.807) is 30.3 Å². The van der Waals surface area contributed by atoms with Gasteiger partial charge in [0.1, 0.15) is 11.3 Å². The lowest BCUT2D eigenvalue weighted by Crippen LogP contribution is -2.33. The Balaban J connectivity index is 1.23. The number of rotatable bonds is 6. The number of aromatic nitrogens is 1. The maximum Gasteiger partial charge on any atom is 0.293 e. The van der Waals surface area contributed by atoms with Gasteiger partial charge in [-0.05, 0) is 96.9 Å². The van der Waals surface area contributed by atoms with Crippen LogP contribution in [0.25, 0.3) is 33.9 Å². The number of anilines is 1. The van der Waals surface area contributed by atoms with E-state index in [0.29, 0.717) is 38.9 Å². The smallest absolute Gasteiger partial charge is 0.293 e. The average molecular weight is 564 g/mol. The van der Waals surface area contributed by atoms with Gasteiger partial charge < -0.3 is 14.2 Å². The molecule has 0 bridgehead atoms. The van der Waals surface area contributed by atoms with Crippen LogP contribution in [0.15, 0.2) is 81.6 Å². The summed E-state index contributed by atoms with van der Waals surface area (Å²) in [4.78, 5) is 17.3. The highest BCUT2D eigenvalue weighted by atomic mass is 35.5. The molecule has 0 aliphatic carbocycles. The summed E-state index contributed by atoms with van der Waals surface area (Å²) in [5, 5.41) is 6.71. The summed E-state index contributed by atoms with van der Waals surface area (Å²) in [5.74, 6) is 1.02. The van der Waals surface area contributed by atoms with Crippen LogP contribution in [0.4, 0.5) is 5.69 Å². The summed E-state index contributed by atoms with van der Waals surface area (Å²) in [7, 11) is 0. The lowest BCUT2D eigenvalue weighted by molar-refractivity contribution is 0.0951. The van der Waals surface area contributed by atoms with Gasteiger partial charge in [0.2, 0.25) is 5.89 Å². The van der Waals surface area contributed by atoms with Crippen LogP contribution in [0.5, 0.6) is 0 Å². The number of nitrogens with zero attached hydrogens (tertiary/aromatic N) is 1. The fourth-order valence-corrected chi connectivity index (χ4v) is 4.52. The molecule has 1 atom stereocenters. The number of nitrogens with one attached hydrogen (secondary N) is 2. The maximum atomic E-state index is 12.6. The van der Waals surface area contributed by atoms with Crippen LogP contribution in [0.1, 0.15) is 42.3 Å². The zero-order chi connectivity index (χ0) is 26.8. The van der Waals surface area contributed by atoms with Crippen molar-refractivity contribution in [3.05, 3.63) is 94.2 Å². The Morgan fingerprint density at radius 3 is 2.55 bits per heavy atom. The third kappa shape index (κ3) is 5.60. The highest BCUT2D eigenvalue weighted by molar-refractivity contribution is 7.80. The number of carbonyl (C=O) groups excluding carboxylic acids is 1. The number of furan rings is 1. The number of oxazole rings is 1. The summed E-state index contributed by atoms with van der Waals surface area (Å²) in [6.07, 6.45) is 1.06. The van der Waals surface area contributed by atoms with E-state index < -0.39 is 5.91 Å². The fraction of sp³-hybridized carbons (Fsp3) is 0.138. The van der Waals surface area contributed by atoms with E-state index in [1.807, 2.05) is 30.3 Å². The number of amides is 1. The topological polar surface area (TPSA) is 80.3 Å². The van der Waals surface area contributed by atoms with E-state index in [0.717, 1.165) is 23.1 Å². The maximum absolute atomic E-state index is 12.6. The van der Waals surface area contributed by atoms with E-state index in [1.165, 1.54) is 5.56 Å². The molecule has 6 nitrogen and oxygen atoms in total. The van der Waals surface area contributed by atoms with Gasteiger partial charge in [0.15, 0.2) is 16.5 Å². The molecule has 0 aliphatic heterocycles. The van der Waals surface area contributed by atoms with E-state index in [-0.39, 0.29) is 10.9 Å². The zero-order valence-corrected chi connectivity index (χ0v) is 22.9. The number of thiocarbonyl (C=S) groups is 1. The number of benzene rings is 3. The Morgan fingerprint density at radius 1 is 1.00 bits per heavy atom. The van der Waals surface area contributed by atoms with E-state index >= 15 is 0 Å². The Bertz CT molecular complexity index is 1640. The number of fused-ring (bicyclic) bond motifs is 1. The largest absolute Gasteiger partial charge is 0.451 e. The predicted octanol–water partition coefficient (Wildman–Crippen LogP) is 8.70. The minimum absolute atomic E-state index is 0.0861. The lowest BCUT2D eigenvalue weighted by Gasteiger charge is -2.09. The molecule has 0 saturated heterocycles. The highest BCUT2D eigenvalue weighted by Crippen LogP contribution is 2.32. The van der Waals surface area contributed by atoms with Crippen molar-refractivity contribution in [2.75, 3.05) is 5.32 Å². The molecule has 0 fully saturated rings. The van der Waals surface area contributed by atoms with Crippen LogP contribution < -0.4 is 10.6 Å². The number of hydrogen-bond donors (Lipinski definition) is 2. The molecule has 38 heavy (non-hydrogen) atoms. The minimum Gasteiger partial charge on any atom is -0.451 e. The third-order valence-corrected chi connectivity index (χ3v) is 7.00.